The molecule has 16 heavy (non-hydrogen) atoms. The number of rotatable bonds is 3. The average molecular weight is 216 g/mol. The van der Waals surface area contributed by atoms with Crippen molar-refractivity contribution in [1.29, 1.82) is 0 Å². The molecule has 1 unspecified atom stereocenters. The van der Waals surface area contributed by atoms with E-state index in [-0.39, 0.29) is 11.5 Å². The van der Waals surface area contributed by atoms with Gasteiger partial charge in [-0.1, -0.05) is 44.2 Å². The molecule has 2 rings (SSSR count). The number of nitrogens with one attached hydrogen (secondary N) is 2. The van der Waals surface area contributed by atoms with Crippen LogP contribution in [0.25, 0.3) is 11.3 Å². The summed E-state index contributed by atoms with van der Waals surface area (Å²) in [6.07, 6.45) is 0.959. The van der Waals surface area contributed by atoms with Crippen LogP contribution < -0.4 is 5.56 Å². The summed E-state index contributed by atoms with van der Waals surface area (Å²) >= 11 is 0. The minimum Gasteiger partial charge on any atom is -0.297 e. The molecule has 0 aliphatic rings. The second-order valence-corrected chi connectivity index (χ2v) is 4.04. The summed E-state index contributed by atoms with van der Waals surface area (Å²) in [6, 6.07) is 9.93. The van der Waals surface area contributed by atoms with Gasteiger partial charge in [0.15, 0.2) is 0 Å². The fourth-order valence-electron chi connectivity index (χ4n) is 1.87. The third-order valence-corrected chi connectivity index (χ3v) is 2.98. The van der Waals surface area contributed by atoms with E-state index in [9.17, 15) is 4.79 Å². The van der Waals surface area contributed by atoms with E-state index in [1.807, 2.05) is 30.3 Å². The van der Waals surface area contributed by atoms with Gasteiger partial charge in [0.25, 0.3) is 5.56 Å². The second-order valence-electron chi connectivity index (χ2n) is 4.04. The van der Waals surface area contributed by atoms with Crippen molar-refractivity contribution >= 4 is 0 Å². The summed E-state index contributed by atoms with van der Waals surface area (Å²) in [6.45, 7) is 4.16. The Hall–Kier alpha value is -1.77. The summed E-state index contributed by atoms with van der Waals surface area (Å²) in [4.78, 5) is 11.7. The Balaban J connectivity index is 2.55. The number of hydrogen-bond acceptors (Lipinski definition) is 1. The molecule has 0 aliphatic heterocycles. The van der Waals surface area contributed by atoms with Crippen molar-refractivity contribution in [1.82, 2.24) is 10.2 Å². The Labute approximate surface area is 94.5 Å². The van der Waals surface area contributed by atoms with Crippen molar-refractivity contribution < 1.29 is 0 Å². The monoisotopic (exact) mass is 216 g/mol. The van der Waals surface area contributed by atoms with Crippen molar-refractivity contribution in [3.63, 3.8) is 0 Å². The molecule has 3 heteroatoms. The van der Waals surface area contributed by atoms with Crippen LogP contribution >= 0.6 is 0 Å². The summed E-state index contributed by atoms with van der Waals surface area (Å²) in [5, 5.41) is 5.64. The molecule has 0 aliphatic carbocycles. The predicted molar refractivity (Wildman–Crippen MR) is 65.6 cm³/mol. The maximum absolute atomic E-state index is 11.7. The Morgan fingerprint density at radius 3 is 2.50 bits per heavy atom. The molecule has 0 saturated heterocycles. The smallest absolute Gasteiger partial charge is 0.267 e. The molecule has 2 N–H and O–H groups in total. The van der Waals surface area contributed by atoms with Gasteiger partial charge in [0.05, 0.1) is 5.69 Å². The van der Waals surface area contributed by atoms with Crippen molar-refractivity contribution in [3.8, 4) is 11.3 Å². The maximum Gasteiger partial charge on any atom is 0.267 e. The summed E-state index contributed by atoms with van der Waals surface area (Å²) < 4.78 is 0. The Kier molecular flexibility index (Phi) is 2.95. The molecular formula is C13H16N2O. The second kappa shape index (κ2) is 4.39. The van der Waals surface area contributed by atoms with Crippen molar-refractivity contribution in [2.24, 2.45) is 0 Å². The van der Waals surface area contributed by atoms with Crippen LogP contribution in [-0.4, -0.2) is 10.2 Å². The highest BCUT2D eigenvalue weighted by molar-refractivity contribution is 5.63. The van der Waals surface area contributed by atoms with Gasteiger partial charge in [-0.05, 0) is 17.9 Å². The summed E-state index contributed by atoms with van der Waals surface area (Å²) in [5.74, 6) is 0.269. The van der Waals surface area contributed by atoms with Gasteiger partial charge >= 0.3 is 0 Å². The predicted octanol–water partition coefficient (Wildman–Crippen LogP) is 2.88. The van der Waals surface area contributed by atoms with E-state index in [4.69, 9.17) is 0 Å². The standard InChI is InChI=1S/C13H16N2O/c1-3-9(2)11-12(14-15-13(11)16)10-7-5-4-6-8-10/h4-9H,3H2,1-2H3,(H2,14,15,16). The van der Waals surface area contributed by atoms with Gasteiger partial charge in [0.2, 0.25) is 0 Å². The third kappa shape index (κ3) is 1.81. The largest absolute Gasteiger partial charge is 0.297 e. The van der Waals surface area contributed by atoms with Crippen LogP contribution in [0.15, 0.2) is 35.1 Å². The molecule has 0 amide bonds. The van der Waals surface area contributed by atoms with Crippen molar-refractivity contribution in [2.75, 3.05) is 0 Å². The lowest BCUT2D eigenvalue weighted by Gasteiger charge is -2.07. The zero-order valence-corrected chi connectivity index (χ0v) is 9.58. The van der Waals surface area contributed by atoms with Crippen LogP contribution in [-0.2, 0) is 0 Å². The lowest BCUT2D eigenvalue weighted by atomic mass is 9.96. The molecule has 84 valence electrons. The topological polar surface area (TPSA) is 48.6 Å². The fourth-order valence-corrected chi connectivity index (χ4v) is 1.87. The van der Waals surface area contributed by atoms with E-state index in [1.165, 1.54) is 0 Å². The third-order valence-electron chi connectivity index (χ3n) is 2.98. The van der Waals surface area contributed by atoms with Gasteiger partial charge < -0.3 is 0 Å². The van der Waals surface area contributed by atoms with Gasteiger partial charge in [0.1, 0.15) is 0 Å². The summed E-state index contributed by atoms with van der Waals surface area (Å²) in [7, 11) is 0. The van der Waals surface area contributed by atoms with E-state index >= 15 is 0 Å². The molecule has 1 heterocycles. The Morgan fingerprint density at radius 2 is 1.88 bits per heavy atom. The van der Waals surface area contributed by atoms with Gasteiger partial charge in [0, 0.05) is 5.56 Å². The van der Waals surface area contributed by atoms with Crippen LogP contribution in [0.1, 0.15) is 31.7 Å². The molecule has 0 fully saturated rings. The zero-order chi connectivity index (χ0) is 11.5. The minimum atomic E-state index is -0.00629. The van der Waals surface area contributed by atoms with Crippen LogP contribution in [0.3, 0.4) is 0 Å². The van der Waals surface area contributed by atoms with Crippen LogP contribution in [0, 0.1) is 0 Å². The first kappa shape index (κ1) is 10.7. The van der Waals surface area contributed by atoms with Gasteiger partial charge in [-0.2, -0.15) is 0 Å². The molecular weight excluding hydrogens is 200 g/mol. The highest BCUT2D eigenvalue weighted by Crippen LogP contribution is 2.25. The highest BCUT2D eigenvalue weighted by Gasteiger charge is 2.16. The zero-order valence-electron chi connectivity index (χ0n) is 9.58. The minimum absolute atomic E-state index is 0.00629. The molecule has 1 aromatic carbocycles. The van der Waals surface area contributed by atoms with Gasteiger partial charge in [-0.25, -0.2) is 0 Å². The molecule has 1 aromatic heterocycles. The molecule has 2 aromatic rings. The SMILES string of the molecule is CCC(C)c1c(-c2ccccc2)[nH][nH]c1=O. The van der Waals surface area contributed by atoms with Crippen LogP contribution in [0.2, 0.25) is 0 Å². The number of hydrogen-bond donors (Lipinski definition) is 2. The molecule has 0 radical (unpaired) electrons. The van der Waals surface area contributed by atoms with Gasteiger partial charge in [-0.15, -0.1) is 0 Å². The number of aromatic amines is 2. The molecule has 0 bridgehead atoms. The fraction of sp³-hybridized carbons (Fsp3) is 0.308. The Morgan fingerprint density at radius 1 is 1.19 bits per heavy atom. The first-order valence-corrected chi connectivity index (χ1v) is 5.60. The normalized spacial score (nSPS) is 12.6. The average Bonchev–Trinajstić information content (AvgIpc) is 2.71. The number of H-pyrrole nitrogens is 2. The summed E-state index contributed by atoms with van der Waals surface area (Å²) in [5.41, 5.74) is 2.82. The van der Waals surface area contributed by atoms with Crippen LogP contribution in [0.4, 0.5) is 0 Å². The lowest BCUT2D eigenvalue weighted by Crippen LogP contribution is -2.09. The van der Waals surface area contributed by atoms with E-state index in [0.717, 1.165) is 23.2 Å². The van der Waals surface area contributed by atoms with E-state index in [1.54, 1.807) is 0 Å². The lowest BCUT2D eigenvalue weighted by molar-refractivity contribution is 0.730. The number of aromatic nitrogens is 2. The quantitative estimate of drug-likeness (QED) is 0.814. The van der Waals surface area contributed by atoms with E-state index in [0.29, 0.717) is 0 Å². The maximum atomic E-state index is 11.7. The van der Waals surface area contributed by atoms with E-state index < -0.39 is 0 Å². The highest BCUT2D eigenvalue weighted by atomic mass is 16.1. The Bertz CT molecular complexity index is 510. The first-order chi connectivity index (χ1) is 7.74. The van der Waals surface area contributed by atoms with Crippen molar-refractivity contribution in [2.45, 2.75) is 26.2 Å². The van der Waals surface area contributed by atoms with E-state index in [2.05, 4.69) is 24.0 Å². The van der Waals surface area contributed by atoms with Crippen molar-refractivity contribution in [3.05, 3.63) is 46.2 Å². The van der Waals surface area contributed by atoms with Crippen LogP contribution in [0.5, 0.6) is 0 Å². The first-order valence-electron chi connectivity index (χ1n) is 5.60. The molecule has 3 nitrogen and oxygen atoms in total. The number of benzene rings is 1. The molecule has 0 saturated carbocycles. The van der Waals surface area contributed by atoms with Gasteiger partial charge in [-0.3, -0.25) is 15.0 Å². The molecule has 0 spiro atoms. The molecule has 1 atom stereocenters.